The molecule has 1 aromatic heterocycles. The zero-order chi connectivity index (χ0) is 24.6. The van der Waals surface area contributed by atoms with Crippen molar-refractivity contribution in [2.24, 2.45) is 0 Å². The Bertz CT molecular complexity index is 1310. The minimum absolute atomic E-state index is 0.0701. The lowest BCUT2D eigenvalue weighted by molar-refractivity contribution is -0.123. The molecule has 9 nitrogen and oxygen atoms in total. The first-order chi connectivity index (χ1) is 17.0. The lowest BCUT2D eigenvalue weighted by Crippen LogP contribution is -2.52. The van der Waals surface area contributed by atoms with Crippen molar-refractivity contribution in [2.45, 2.75) is 32.0 Å². The third-order valence-electron chi connectivity index (χ3n) is 5.39. The molecule has 4 rings (SSSR count). The number of amides is 2. The summed E-state index contributed by atoms with van der Waals surface area (Å²) in [4.78, 5) is 38.5. The van der Waals surface area contributed by atoms with Crippen LogP contribution >= 0.6 is 0 Å². The van der Waals surface area contributed by atoms with E-state index in [0.29, 0.717) is 11.0 Å². The molecule has 2 atom stereocenters. The van der Waals surface area contributed by atoms with E-state index in [4.69, 9.17) is 4.74 Å². The van der Waals surface area contributed by atoms with Crippen LogP contribution in [-0.2, 0) is 22.6 Å². The maximum atomic E-state index is 13.1. The van der Waals surface area contributed by atoms with Gasteiger partial charge in [0.15, 0.2) is 0 Å². The van der Waals surface area contributed by atoms with Gasteiger partial charge in [0, 0.05) is 6.42 Å². The minimum Gasteiger partial charge on any atom is -0.445 e. The van der Waals surface area contributed by atoms with Crippen molar-refractivity contribution in [1.29, 1.82) is 0 Å². The Morgan fingerprint density at radius 2 is 1.49 bits per heavy atom. The van der Waals surface area contributed by atoms with E-state index in [2.05, 4.69) is 20.9 Å². The van der Waals surface area contributed by atoms with Crippen molar-refractivity contribution < 1.29 is 19.1 Å². The van der Waals surface area contributed by atoms with E-state index < -0.39 is 30.0 Å². The molecule has 4 aromatic rings. The zero-order valence-corrected chi connectivity index (χ0v) is 19.1. The van der Waals surface area contributed by atoms with Gasteiger partial charge in [-0.05, 0) is 30.2 Å². The first kappa shape index (κ1) is 23.6. The van der Waals surface area contributed by atoms with E-state index in [0.717, 1.165) is 15.8 Å². The van der Waals surface area contributed by atoms with Crippen LogP contribution in [-0.4, -0.2) is 45.0 Å². The van der Waals surface area contributed by atoms with Gasteiger partial charge in [-0.25, -0.2) is 4.79 Å². The summed E-state index contributed by atoms with van der Waals surface area (Å²) in [6.07, 6.45) is -0.508. The molecule has 0 aliphatic carbocycles. The minimum atomic E-state index is -0.955. The lowest BCUT2D eigenvalue weighted by atomic mass is 10.1. The number of nitrogens with zero attached hydrogens (tertiary/aromatic N) is 3. The van der Waals surface area contributed by atoms with Gasteiger partial charge in [-0.3, -0.25) is 9.59 Å². The quantitative estimate of drug-likeness (QED) is 0.408. The Morgan fingerprint density at radius 3 is 2.20 bits per heavy atom. The van der Waals surface area contributed by atoms with Crippen LogP contribution in [0.5, 0.6) is 0 Å². The molecule has 0 aliphatic heterocycles. The second kappa shape index (κ2) is 11.1. The molecule has 2 amide bonds. The zero-order valence-electron chi connectivity index (χ0n) is 19.1. The number of carbonyl (C=O) groups is 3. The SMILES string of the molecule is CC(NC(=O)C(Cc1ccccc1)NC(=O)OCc1ccccc1)C(=O)n1nnc2ccccc21. The normalized spacial score (nSPS) is 12.5. The molecule has 0 saturated carbocycles. The Morgan fingerprint density at radius 1 is 0.857 bits per heavy atom. The summed E-state index contributed by atoms with van der Waals surface area (Å²) in [5.74, 6) is -0.965. The van der Waals surface area contributed by atoms with Crippen molar-refractivity contribution in [1.82, 2.24) is 25.6 Å². The molecule has 35 heavy (non-hydrogen) atoms. The maximum absolute atomic E-state index is 13.1. The van der Waals surface area contributed by atoms with Gasteiger partial charge in [0.2, 0.25) is 5.91 Å². The standard InChI is InChI=1S/C26H25N5O4/c1-18(25(33)31-23-15-9-8-14-21(23)29-30-31)27-24(32)22(16-19-10-4-2-5-11-19)28-26(34)35-17-20-12-6-3-7-13-20/h2-15,18,22H,16-17H2,1H3,(H,27,32)(H,28,34). The van der Waals surface area contributed by atoms with Crippen LogP contribution in [0, 0.1) is 0 Å². The Hall–Kier alpha value is -4.53. The van der Waals surface area contributed by atoms with Gasteiger partial charge in [-0.2, -0.15) is 4.68 Å². The Labute approximate surface area is 202 Å². The molecule has 1 heterocycles. The molecule has 178 valence electrons. The fraction of sp³-hybridized carbons (Fsp3) is 0.192. The van der Waals surface area contributed by atoms with Crippen LogP contribution in [0.3, 0.4) is 0 Å². The Kier molecular flexibility index (Phi) is 7.47. The second-order valence-electron chi connectivity index (χ2n) is 8.01. The first-order valence-corrected chi connectivity index (χ1v) is 11.2. The van der Waals surface area contributed by atoms with E-state index >= 15 is 0 Å². The van der Waals surface area contributed by atoms with Gasteiger partial charge in [0.1, 0.15) is 24.2 Å². The van der Waals surface area contributed by atoms with Gasteiger partial charge < -0.3 is 15.4 Å². The predicted octanol–water partition coefficient (Wildman–Crippen LogP) is 3.11. The van der Waals surface area contributed by atoms with E-state index in [9.17, 15) is 14.4 Å². The number of nitrogens with one attached hydrogen (secondary N) is 2. The Balaban J connectivity index is 1.43. The van der Waals surface area contributed by atoms with Crippen molar-refractivity contribution in [3.8, 4) is 0 Å². The second-order valence-corrected chi connectivity index (χ2v) is 8.01. The monoisotopic (exact) mass is 471 g/mol. The number of alkyl carbamates (subject to hydrolysis) is 1. The van der Waals surface area contributed by atoms with Crippen LogP contribution in [0.25, 0.3) is 11.0 Å². The third-order valence-corrected chi connectivity index (χ3v) is 5.39. The smallest absolute Gasteiger partial charge is 0.408 e. The number of hydrogen-bond donors (Lipinski definition) is 2. The average Bonchev–Trinajstić information content (AvgIpc) is 3.32. The third kappa shape index (κ3) is 6.08. The van der Waals surface area contributed by atoms with Crippen LogP contribution in [0.1, 0.15) is 22.8 Å². The molecule has 9 heteroatoms. The summed E-state index contributed by atoms with van der Waals surface area (Å²) in [6, 6.07) is 23.7. The summed E-state index contributed by atoms with van der Waals surface area (Å²) in [6.45, 7) is 1.63. The molecule has 0 fully saturated rings. The molecule has 0 radical (unpaired) electrons. The van der Waals surface area contributed by atoms with Gasteiger partial charge >= 0.3 is 6.09 Å². The number of hydrogen-bond acceptors (Lipinski definition) is 6. The van der Waals surface area contributed by atoms with Crippen LogP contribution in [0.15, 0.2) is 84.9 Å². The van der Waals surface area contributed by atoms with Gasteiger partial charge in [-0.15, -0.1) is 5.10 Å². The molecule has 0 bridgehead atoms. The number of aromatic nitrogens is 3. The van der Waals surface area contributed by atoms with Crippen molar-refractivity contribution in [2.75, 3.05) is 0 Å². The number of para-hydroxylation sites is 1. The number of rotatable bonds is 8. The van der Waals surface area contributed by atoms with Crippen LogP contribution in [0.4, 0.5) is 4.79 Å². The predicted molar refractivity (Wildman–Crippen MR) is 129 cm³/mol. The van der Waals surface area contributed by atoms with Gasteiger partial charge in [0.25, 0.3) is 5.91 Å². The topological polar surface area (TPSA) is 115 Å². The molecule has 2 N–H and O–H groups in total. The number of ether oxygens (including phenoxy) is 1. The van der Waals surface area contributed by atoms with Crippen LogP contribution < -0.4 is 10.6 Å². The van der Waals surface area contributed by atoms with E-state index in [1.807, 2.05) is 60.7 Å². The van der Waals surface area contributed by atoms with E-state index in [1.54, 1.807) is 31.2 Å². The molecular weight excluding hydrogens is 446 g/mol. The highest BCUT2D eigenvalue weighted by Gasteiger charge is 2.27. The highest BCUT2D eigenvalue weighted by atomic mass is 16.5. The largest absolute Gasteiger partial charge is 0.445 e. The highest BCUT2D eigenvalue weighted by Crippen LogP contribution is 2.11. The van der Waals surface area contributed by atoms with E-state index in [-0.39, 0.29) is 13.0 Å². The number of carbonyl (C=O) groups excluding carboxylic acids is 3. The molecule has 2 unspecified atom stereocenters. The summed E-state index contributed by atoms with van der Waals surface area (Å²) < 4.78 is 6.45. The molecule has 3 aromatic carbocycles. The molecule has 0 spiro atoms. The van der Waals surface area contributed by atoms with Crippen molar-refractivity contribution in [3.05, 3.63) is 96.1 Å². The van der Waals surface area contributed by atoms with Crippen LogP contribution in [0.2, 0.25) is 0 Å². The maximum Gasteiger partial charge on any atom is 0.408 e. The highest BCUT2D eigenvalue weighted by molar-refractivity contribution is 5.95. The molecular formula is C26H25N5O4. The lowest BCUT2D eigenvalue weighted by Gasteiger charge is -2.21. The fourth-order valence-corrected chi connectivity index (χ4v) is 3.56. The van der Waals surface area contributed by atoms with Crippen molar-refractivity contribution >= 4 is 28.9 Å². The summed E-state index contributed by atoms with van der Waals surface area (Å²) in [7, 11) is 0. The summed E-state index contributed by atoms with van der Waals surface area (Å²) >= 11 is 0. The number of benzene rings is 3. The van der Waals surface area contributed by atoms with Gasteiger partial charge in [-0.1, -0.05) is 78.0 Å². The molecule has 0 saturated heterocycles. The number of fused-ring (bicyclic) bond motifs is 1. The summed E-state index contributed by atoms with van der Waals surface area (Å²) in [5, 5.41) is 13.2. The van der Waals surface area contributed by atoms with E-state index in [1.165, 1.54) is 0 Å². The summed E-state index contributed by atoms with van der Waals surface area (Å²) in [5.41, 5.74) is 2.79. The van der Waals surface area contributed by atoms with Gasteiger partial charge in [0.05, 0.1) is 5.52 Å². The fourth-order valence-electron chi connectivity index (χ4n) is 3.56. The van der Waals surface area contributed by atoms with Crippen molar-refractivity contribution in [3.63, 3.8) is 0 Å². The average molecular weight is 472 g/mol. The first-order valence-electron chi connectivity index (χ1n) is 11.2. The molecule has 0 aliphatic rings.